The zero-order valence-corrected chi connectivity index (χ0v) is 14.0. The van der Waals surface area contributed by atoms with E-state index in [1.165, 1.54) is 19.3 Å². The fourth-order valence-electron chi connectivity index (χ4n) is 2.64. The highest BCUT2D eigenvalue weighted by atomic mass is 79.9. The lowest BCUT2D eigenvalue weighted by atomic mass is 9.95. The maximum atomic E-state index is 12.2. The van der Waals surface area contributed by atoms with E-state index in [0.29, 0.717) is 18.3 Å². The van der Waals surface area contributed by atoms with Gasteiger partial charge in [0.15, 0.2) is 6.10 Å². The molecule has 1 saturated carbocycles. The Labute approximate surface area is 134 Å². The van der Waals surface area contributed by atoms with Crippen LogP contribution in [0.2, 0.25) is 0 Å². The normalized spacial score (nSPS) is 17.3. The predicted molar refractivity (Wildman–Crippen MR) is 87.1 cm³/mol. The van der Waals surface area contributed by atoms with Gasteiger partial charge in [0.05, 0.1) is 4.47 Å². The average Bonchev–Trinajstić information content (AvgIpc) is 2.50. The molecule has 0 radical (unpaired) electrons. The topological polar surface area (TPSA) is 64.3 Å². The number of hydrogen-bond donors (Lipinski definition) is 2. The number of nitrogens with two attached hydrogens (primary N) is 1. The van der Waals surface area contributed by atoms with E-state index < -0.39 is 6.10 Å². The third-order valence-electron chi connectivity index (χ3n) is 3.88. The van der Waals surface area contributed by atoms with Crippen molar-refractivity contribution in [1.29, 1.82) is 0 Å². The first-order chi connectivity index (χ1) is 10.1. The Hall–Kier alpha value is -1.07. The molecule has 1 aliphatic carbocycles. The summed E-state index contributed by atoms with van der Waals surface area (Å²) in [7, 11) is 0. The van der Waals surface area contributed by atoms with Crippen LogP contribution >= 0.6 is 15.9 Å². The van der Waals surface area contributed by atoms with E-state index in [4.69, 9.17) is 10.5 Å². The monoisotopic (exact) mass is 354 g/mol. The highest BCUT2D eigenvalue weighted by Gasteiger charge is 2.22. The fourth-order valence-corrected chi connectivity index (χ4v) is 3.14. The molecule has 0 aromatic heterocycles. The molecule has 0 aliphatic heterocycles. The molecule has 21 heavy (non-hydrogen) atoms. The molecule has 1 amide bonds. The van der Waals surface area contributed by atoms with E-state index >= 15 is 0 Å². The minimum atomic E-state index is -0.532. The van der Waals surface area contributed by atoms with Gasteiger partial charge in [-0.15, -0.1) is 0 Å². The second kappa shape index (κ2) is 7.80. The van der Waals surface area contributed by atoms with Gasteiger partial charge in [-0.25, -0.2) is 0 Å². The number of carbonyl (C=O) groups is 1. The molecule has 0 bridgehead atoms. The predicted octanol–water partition coefficient (Wildman–Crippen LogP) is 3.12. The molecule has 1 aromatic rings. The average molecular weight is 355 g/mol. The summed E-state index contributed by atoms with van der Waals surface area (Å²) < 4.78 is 6.65. The minimum absolute atomic E-state index is 0.0550. The Kier molecular flexibility index (Phi) is 6.06. The maximum absolute atomic E-state index is 12.2. The number of benzene rings is 1. The van der Waals surface area contributed by atoms with Crippen molar-refractivity contribution in [2.45, 2.75) is 57.7 Å². The second-order valence-corrected chi connectivity index (χ2v) is 6.39. The van der Waals surface area contributed by atoms with Crippen LogP contribution in [-0.2, 0) is 11.3 Å². The van der Waals surface area contributed by atoms with Crippen LogP contribution in [0.25, 0.3) is 0 Å². The Morgan fingerprint density at radius 3 is 2.81 bits per heavy atom. The standard InChI is InChI=1S/C16H23BrN2O2/c1-11(16(20)19-13-7-3-2-4-8-13)21-15-12(10-18)6-5-9-14(15)17/h5-6,9,11,13H,2-4,7-8,10,18H2,1H3,(H,19,20). The molecule has 1 unspecified atom stereocenters. The van der Waals surface area contributed by atoms with Crippen LogP contribution in [0.1, 0.15) is 44.6 Å². The van der Waals surface area contributed by atoms with Gasteiger partial charge in [-0.2, -0.15) is 0 Å². The maximum Gasteiger partial charge on any atom is 0.260 e. The number of ether oxygens (including phenoxy) is 1. The van der Waals surface area contributed by atoms with Crippen molar-refractivity contribution in [1.82, 2.24) is 5.32 Å². The van der Waals surface area contributed by atoms with Gasteiger partial charge in [-0.3, -0.25) is 4.79 Å². The van der Waals surface area contributed by atoms with Crippen LogP contribution in [0.4, 0.5) is 0 Å². The van der Waals surface area contributed by atoms with Gasteiger partial charge in [0.25, 0.3) is 5.91 Å². The van der Waals surface area contributed by atoms with Crippen LogP contribution in [-0.4, -0.2) is 18.1 Å². The third-order valence-corrected chi connectivity index (χ3v) is 4.51. The van der Waals surface area contributed by atoms with Gasteiger partial charge < -0.3 is 15.8 Å². The van der Waals surface area contributed by atoms with Gasteiger partial charge >= 0.3 is 0 Å². The Bertz CT molecular complexity index is 487. The molecule has 5 heteroatoms. The van der Waals surface area contributed by atoms with Gasteiger partial charge in [0.2, 0.25) is 0 Å². The van der Waals surface area contributed by atoms with Gasteiger partial charge in [-0.1, -0.05) is 31.4 Å². The summed E-state index contributed by atoms with van der Waals surface area (Å²) in [6.07, 6.45) is 5.28. The van der Waals surface area contributed by atoms with Crippen molar-refractivity contribution in [2.75, 3.05) is 0 Å². The summed E-state index contributed by atoms with van der Waals surface area (Å²) in [6.45, 7) is 2.16. The van der Waals surface area contributed by atoms with E-state index in [-0.39, 0.29) is 5.91 Å². The number of rotatable bonds is 5. The molecule has 1 aromatic carbocycles. The molecule has 1 aliphatic rings. The first kappa shape index (κ1) is 16.3. The third kappa shape index (κ3) is 4.45. The zero-order valence-electron chi connectivity index (χ0n) is 12.4. The Balaban J connectivity index is 1.97. The minimum Gasteiger partial charge on any atom is -0.479 e. The van der Waals surface area contributed by atoms with Crippen LogP contribution in [0.15, 0.2) is 22.7 Å². The molecular weight excluding hydrogens is 332 g/mol. The fraction of sp³-hybridized carbons (Fsp3) is 0.562. The number of halogens is 1. The number of hydrogen-bond acceptors (Lipinski definition) is 3. The highest BCUT2D eigenvalue weighted by Crippen LogP contribution is 2.29. The van der Waals surface area contributed by atoms with Gasteiger partial charge in [-0.05, 0) is 41.8 Å². The summed E-state index contributed by atoms with van der Waals surface area (Å²) in [4.78, 5) is 12.2. The lowest BCUT2D eigenvalue weighted by molar-refractivity contribution is -0.128. The largest absolute Gasteiger partial charge is 0.479 e. The van der Waals surface area contributed by atoms with E-state index in [1.54, 1.807) is 6.92 Å². The van der Waals surface area contributed by atoms with E-state index in [0.717, 1.165) is 22.9 Å². The molecule has 1 fully saturated rings. The number of para-hydroxylation sites is 1. The highest BCUT2D eigenvalue weighted by molar-refractivity contribution is 9.10. The van der Waals surface area contributed by atoms with E-state index in [9.17, 15) is 4.79 Å². The molecule has 116 valence electrons. The van der Waals surface area contributed by atoms with Crippen LogP contribution in [0.3, 0.4) is 0 Å². The lowest BCUT2D eigenvalue weighted by Crippen LogP contribution is -2.43. The molecule has 4 nitrogen and oxygen atoms in total. The lowest BCUT2D eigenvalue weighted by Gasteiger charge is -2.25. The van der Waals surface area contributed by atoms with Crippen molar-refractivity contribution in [3.63, 3.8) is 0 Å². The van der Waals surface area contributed by atoms with E-state index in [1.807, 2.05) is 18.2 Å². The molecule has 0 saturated heterocycles. The quantitative estimate of drug-likeness (QED) is 0.853. The smallest absolute Gasteiger partial charge is 0.260 e. The summed E-state index contributed by atoms with van der Waals surface area (Å²) >= 11 is 3.45. The summed E-state index contributed by atoms with van der Waals surface area (Å²) in [5.74, 6) is 0.604. The molecule has 1 atom stereocenters. The second-order valence-electron chi connectivity index (χ2n) is 5.54. The molecule has 2 rings (SSSR count). The van der Waals surface area contributed by atoms with Gasteiger partial charge in [0, 0.05) is 18.2 Å². The van der Waals surface area contributed by atoms with Crippen LogP contribution in [0, 0.1) is 0 Å². The number of carbonyl (C=O) groups excluding carboxylic acids is 1. The Morgan fingerprint density at radius 1 is 1.43 bits per heavy atom. The van der Waals surface area contributed by atoms with Gasteiger partial charge in [0.1, 0.15) is 5.75 Å². The van der Waals surface area contributed by atoms with Crippen molar-refractivity contribution in [2.24, 2.45) is 5.73 Å². The molecule has 0 spiro atoms. The van der Waals surface area contributed by atoms with E-state index in [2.05, 4.69) is 21.2 Å². The molecular formula is C16H23BrN2O2. The molecule has 3 N–H and O–H groups in total. The van der Waals surface area contributed by atoms with Crippen molar-refractivity contribution < 1.29 is 9.53 Å². The summed E-state index contributed by atoms with van der Waals surface area (Å²) in [5, 5.41) is 3.09. The first-order valence-corrected chi connectivity index (χ1v) is 8.35. The van der Waals surface area contributed by atoms with Crippen molar-refractivity contribution in [3.05, 3.63) is 28.2 Å². The number of nitrogens with one attached hydrogen (secondary N) is 1. The number of amides is 1. The molecule has 0 heterocycles. The van der Waals surface area contributed by atoms with Crippen LogP contribution in [0.5, 0.6) is 5.75 Å². The SMILES string of the molecule is CC(Oc1c(Br)cccc1CN)C(=O)NC1CCCCC1. The van der Waals surface area contributed by atoms with Crippen molar-refractivity contribution >= 4 is 21.8 Å². The summed E-state index contributed by atoms with van der Waals surface area (Å²) in [6, 6.07) is 6.00. The van der Waals surface area contributed by atoms with Crippen LogP contribution < -0.4 is 15.8 Å². The Morgan fingerprint density at radius 2 is 2.14 bits per heavy atom. The zero-order chi connectivity index (χ0) is 15.2. The first-order valence-electron chi connectivity index (χ1n) is 7.56. The van der Waals surface area contributed by atoms with Crippen molar-refractivity contribution in [3.8, 4) is 5.75 Å². The summed E-state index contributed by atoms with van der Waals surface area (Å²) in [5.41, 5.74) is 6.61.